The number of benzene rings is 1. The number of pyridine rings is 1. The largest absolute Gasteiger partial charge is 0.397 e. The summed E-state index contributed by atoms with van der Waals surface area (Å²) < 4.78 is 1.00. The molecule has 0 atom stereocenters. The van der Waals surface area contributed by atoms with Gasteiger partial charge in [0, 0.05) is 4.47 Å². The van der Waals surface area contributed by atoms with Crippen LogP contribution in [-0.2, 0) is 0 Å². The van der Waals surface area contributed by atoms with Crippen LogP contribution in [0.15, 0.2) is 34.8 Å². The van der Waals surface area contributed by atoms with E-state index in [1.54, 1.807) is 0 Å². The minimum atomic E-state index is 0.729. The number of rotatable bonds is 2. The van der Waals surface area contributed by atoms with Crippen LogP contribution in [0.3, 0.4) is 0 Å². The summed E-state index contributed by atoms with van der Waals surface area (Å²) in [6.07, 6.45) is 0. The van der Waals surface area contributed by atoms with Crippen LogP contribution < -0.4 is 11.1 Å². The first-order chi connectivity index (χ1) is 8.08. The third kappa shape index (κ3) is 2.58. The fourth-order valence-electron chi connectivity index (χ4n) is 1.60. The van der Waals surface area contributed by atoms with E-state index in [2.05, 4.69) is 26.2 Å². The summed E-state index contributed by atoms with van der Waals surface area (Å²) in [5, 5.41) is 3.25. The standard InChI is InChI=1S/C13H14BrN3/c1-8-4-3-5-11(15)13(8)17-12-7-6-10(14)9(2)16-12/h3-7H,15H2,1-2H3,(H,16,17). The summed E-state index contributed by atoms with van der Waals surface area (Å²) in [6, 6.07) is 9.73. The third-order valence-electron chi connectivity index (χ3n) is 2.58. The first kappa shape index (κ1) is 11.9. The molecule has 0 spiro atoms. The first-order valence-corrected chi connectivity index (χ1v) is 6.12. The molecule has 17 heavy (non-hydrogen) atoms. The summed E-state index contributed by atoms with van der Waals surface area (Å²) in [6.45, 7) is 3.97. The number of aromatic nitrogens is 1. The summed E-state index contributed by atoms with van der Waals surface area (Å²) in [5.41, 5.74) is 9.64. The van der Waals surface area contributed by atoms with Gasteiger partial charge < -0.3 is 11.1 Å². The van der Waals surface area contributed by atoms with Gasteiger partial charge >= 0.3 is 0 Å². The number of hydrogen-bond donors (Lipinski definition) is 2. The lowest BCUT2D eigenvalue weighted by atomic mass is 10.1. The van der Waals surface area contributed by atoms with Gasteiger partial charge in [-0.15, -0.1) is 0 Å². The van der Waals surface area contributed by atoms with Gasteiger partial charge in [0.1, 0.15) is 5.82 Å². The Labute approximate surface area is 109 Å². The molecule has 0 saturated carbocycles. The van der Waals surface area contributed by atoms with Crippen LogP contribution >= 0.6 is 15.9 Å². The van der Waals surface area contributed by atoms with Crippen LogP contribution in [0.1, 0.15) is 11.3 Å². The molecule has 2 aromatic rings. The van der Waals surface area contributed by atoms with Gasteiger partial charge in [-0.2, -0.15) is 0 Å². The normalized spacial score (nSPS) is 10.3. The predicted molar refractivity (Wildman–Crippen MR) is 75.5 cm³/mol. The van der Waals surface area contributed by atoms with Gasteiger partial charge in [0.15, 0.2) is 0 Å². The number of para-hydroxylation sites is 1. The van der Waals surface area contributed by atoms with Crippen molar-refractivity contribution in [3.8, 4) is 0 Å². The molecule has 2 rings (SSSR count). The maximum atomic E-state index is 5.94. The van der Waals surface area contributed by atoms with E-state index in [4.69, 9.17) is 5.73 Å². The number of nitrogen functional groups attached to an aromatic ring is 1. The Bertz CT molecular complexity index is 532. The Morgan fingerprint density at radius 2 is 1.94 bits per heavy atom. The Kier molecular flexibility index (Phi) is 3.33. The van der Waals surface area contributed by atoms with E-state index in [9.17, 15) is 0 Å². The van der Waals surface area contributed by atoms with Gasteiger partial charge in [-0.05, 0) is 53.5 Å². The smallest absolute Gasteiger partial charge is 0.130 e. The molecule has 0 aliphatic carbocycles. The Morgan fingerprint density at radius 3 is 2.59 bits per heavy atom. The van der Waals surface area contributed by atoms with E-state index in [0.717, 1.165) is 32.9 Å². The summed E-state index contributed by atoms with van der Waals surface area (Å²) >= 11 is 3.43. The van der Waals surface area contributed by atoms with Crippen molar-refractivity contribution in [2.75, 3.05) is 11.1 Å². The zero-order chi connectivity index (χ0) is 12.4. The number of halogens is 1. The second-order valence-electron chi connectivity index (χ2n) is 3.93. The van der Waals surface area contributed by atoms with Crippen LogP contribution in [0.25, 0.3) is 0 Å². The van der Waals surface area contributed by atoms with Crippen molar-refractivity contribution in [2.24, 2.45) is 0 Å². The topological polar surface area (TPSA) is 50.9 Å². The van der Waals surface area contributed by atoms with Crippen molar-refractivity contribution in [3.05, 3.63) is 46.1 Å². The highest BCUT2D eigenvalue weighted by atomic mass is 79.9. The number of nitrogens with two attached hydrogens (primary N) is 1. The second kappa shape index (κ2) is 4.75. The molecule has 1 heterocycles. The van der Waals surface area contributed by atoms with E-state index < -0.39 is 0 Å². The fraction of sp³-hybridized carbons (Fsp3) is 0.154. The molecule has 1 aromatic heterocycles. The average molecular weight is 292 g/mol. The van der Waals surface area contributed by atoms with E-state index in [-0.39, 0.29) is 0 Å². The van der Waals surface area contributed by atoms with Gasteiger partial charge in [0.05, 0.1) is 17.1 Å². The molecule has 88 valence electrons. The van der Waals surface area contributed by atoms with E-state index in [0.29, 0.717) is 0 Å². The number of nitrogens with one attached hydrogen (secondary N) is 1. The zero-order valence-corrected chi connectivity index (χ0v) is 11.4. The summed E-state index contributed by atoms with van der Waals surface area (Å²) in [4.78, 5) is 4.44. The molecular weight excluding hydrogens is 278 g/mol. The van der Waals surface area contributed by atoms with Crippen LogP contribution in [0, 0.1) is 13.8 Å². The third-order valence-corrected chi connectivity index (χ3v) is 3.42. The molecule has 3 N–H and O–H groups in total. The molecule has 3 nitrogen and oxygen atoms in total. The number of nitrogens with zero attached hydrogens (tertiary/aromatic N) is 1. The van der Waals surface area contributed by atoms with Gasteiger partial charge in [0.25, 0.3) is 0 Å². The van der Waals surface area contributed by atoms with Gasteiger partial charge in [-0.1, -0.05) is 12.1 Å². The van der Waals surface area contributed by atoms with Crippen LogP contribution in [0.4, 0.5) is 17.2 Å². The van der Waals surface area contributed by atoms with Crippen LogP contribution in [0.2, 0.25) is 0 Å². The lowest BCUT2D eigenvalue weighted by Gasteiger charge is -2.12. The van der Waals surface area contributed by atoms with Gasteiger partial charge in [-0.3, -0.25) is 0 Å². The van der Waals surface area contributed by atoms with Crippen molar-refractivity contribution in [1.29, 1.82) is 0 Å². The molecular formula is C13H14BrN3. The van der Waals surface area contributed by atoms with Crippen molar-refractivity contribution in [2.45, 2.75) is 13.8 Å². The first-order valence-electron chi connectivity index (χ1n) is 5.33. The molecule has 0 bridgehead atoms. The van der Waals surface area contributed by atoms with Gasteiger partial charge in [-0.25, -0.2) is 4.98 Å². The zero-order valence-electron chi connectivity index (χ0n) is 9.79. The molecule has 0 saturated heterocycles. The highest BCUT2D eigenvalue weighted by Gasteiger charge is 2.04. The minimum absolute atomic E-state index is 0.729. The Morgan fingerprint density at radius 1 is 1.18 bits per heavy atom. The van der Waals surface area contributed by atoms with Crippen molar-refractivity contribution >= 4 is 33.1 Å². The lowest BCUT2D eigenvalue weighted by molar-refractivity contribution is 1.18. The molecule has 4 heteroatoms. The highest BCUT2D eigenvalue weighted by Crippen LogP contribution is 2.26. The average Bonchev–Trinajstić information content (AvgIpc) is 2.28. The summed E-state index contributed by atoms with van der Waals surface area (Å²) in [5.74, 6) is 0.798. The number of anilines is 3. The SMILES string of the molecule is Cc1cccc(N)c1Nc1ccc(Br)c(C)n1. The maximum absolute atomic E-state index is 5.94. The van der Waals surface area contributed by atoms with Gasteiger partial charge in [0.2, 0.25) is 0 Å². The van der Waals surface area contributed by atoms with Crippen molar-refractivity contribution in [1.82, 2.24) is 4.98 Å². The molecule has 0 aliphatic rings. The molecule has 1 aromatic carbocycles. The van der Waals surface area contributed by atoms with Crippen molar-refractivity contribution < 1.29 is 0 Å². The molecule has 0 aliphatic heterocycles. The minimum Gasteiger partial charge on any atom is -0.397 e. The van der Waals surface area contributed by atoms with E-state index in [1.807, 2.05) is 44.2 Å². The predicted octanol–water partition coefficient (Wildman–Crippen LogP) is 3.79. The lowest BCUT2D eigenvalue weighted by Crippen LogP contribution is -2.00. The fourth-order valence-corrected chi connectivity index (χ4v) is 1.82. The highest BCUT2D eigenvalue weighted by molar-refractivity contribution is 9.10. The molecule has 0 fully saturated rings. The quantitative estimate of drug-likeness (QED) is 0.828. The van der Waals surface area contributed by atoms with Crippen LogP contribution in [-0.4, -0.2) is 4.98 Å². The molecule has 0 unspecified atom stereocenters. The monoisotopic (exact) mass is 291 g/mol. The number of hydrogen-bond acceptors (Lipinski definition) is 3. The van der Waals surface area contributed by atoms with Crippen LogP contribution in [0.5, 0.6) is 0 Å². The number of aryl methyl sites for hydroxylation is 2. The second-order valence-corrected chi connectivity index (χ2v) is 4.78. The van der Waals surface area contributed by atoms with E-state index in [1.165, 1.54) is 0 Å². The Balaban J connectivity index is 2.35. The molecule has 0 radical (unpaired) electrons. The Hall–Kier alpha value is -1.55. The van der Waals surface area contributed by atoms with Crippen molar-refractivity contribution in [3.63, 3.8) is 0 Å². The molecule has 0 amide bonds. The summed E-state index contributed by atoms with van der Waals surface area (Å²) in [7, 11) is 0. The van der Waals surface area contributed by atoms with E-state index >= 15 is 0 Å². The maximum Gasteiger partial charge on any atom is 0.130 e.